The van der Waals surface area contributed by atoms with Crippen LogP contribution in [0.15, 0.2) is 53.1 Å². The van der Waals surface area contributed by atoms with Gasteiger partial charge in [0.25, 0.3) is 0 Å². The third-order valence-corrected chi connectivity index (χ3v) is 5.94. The summed E-state index contributed by atoms with van der Waals surface area (Å²) in [5.74, 6) is -0.315. The second-order valence-corrected chi connectivity index (χ2v) is 8.46. The smallest absolute Gasteiger partial charge is 0.336 e. The fourth-order valence-electron chi connectivity index (χ4n) is 4.17. The Kier molecular flexibility index (Phi) is 7.02. The fraction of sp³-hybridized carbons (Fsp3) is 0.385. The maximum Gasteiger partial charge on any atom is 0.336 e. The Balaban J connectivity index is 1.29. The topological polar surface area (TPSA) is 81.8 Å². The number of aromatic carboxylic acids is 1. The van der Waals surface area contributed by atoms with Crippen molar-refractivity contribution in [3.63, 3.8) is 0 Å². The third-order valence-electron chi connectivity index (χ3n) is 5.94. The van der Waals surface area contributed by atoms with Crippen molar-refractivity contribution < 1.29 is 23.8 Å². The molecule has 1 fully saturated rings. The molecule has 6 heteroatoms. The van der Waals surface area contributed by atoms with Gasteiger partial charge in [0.2, 0.25) is 5.89 Å². The molecule has 0 spiro atoms. The van der Waals surface area contributed by atoms with Crippen LogP contribution in [0.4, 0.5) is 0 Å². The van der Waals surface area contributed by atoms with E-state index < -0.39 is 5.97 Å². The molecule has 1 aliphatic carbocycles. The van der Waals surface area contributed by atoms with Crippen molar-refractivity contribution in [2.75, 3.05) is 0 Å². The Labute approximate surface area is 188 Å². The van der Waals surface area contributed by atoms with E-state index in [2.05, 4.69) is 4.98 Å². The molecule has 4 rings (SSSR count). The van der Waals surface area contributed by atoms with E-state index in [0.717, 1.165) is 42.5 Å². The molecule has 1 aliphatic rings. The van der Waals surface area contributed by atoms with Crippen molar-refractivity contribution in [1.82, 2.24) is 4.98 Å². The molecule has 0 unspecified atom stereocenters. The van der Waals surface area contributed by atoms with E-state index in [4.69, 9.17) is 13.9 Å². The van der Waals surface area contributed by atoms with E-state index in [1.807, 2.05) is 56.3 Å². The minimum atomic E-state index is -0.913. The van der Waals surface area contributed by atoms with Crippen molar-refractivity contribution in [1.29, 1.82) is 0 Å². The molecule has 32 heavy (non-hydrogen) atoms. The van der Waals surface area contributed by atoms with Gasteiger partial charge in [0.15, 0.2) is 0 Å². The van der Waals surface area contributed by atoms with Gasteiger partial charge >= 0.3 is 5.97 Å². The van der Waals surface area contributed by atoms with Gasteiger partial charge in [0.05, 0.1) is 31.0 Å². The van der Waals surface area contributed by atoms with Crippen molar-refractivity contribution in [3.8, 4) is 11.5 Å². The lowest BCUT2D eigenvalue weighted by Gasteiger charge is -2.29. The van der Waals surface area contributed by atoms with Crippen molar-refractivity contribution in [3.05, 3.63) is 76.7 Å². The lowest BCUT2D eigenvalue weighted by molar-refractivity contribution is -0.0563. The lowest BCUT2D eigenvalue weighted by Crippen LogP contribution is -2.28. The van der Waals surface area contributed by atoms with E-state index in [0.29, 0.717) is 30.2 Å². The molecule has 1 saturated carbocycles. The summed E-state index contributed by atoms with van der Waals surface area (Å²) in [4.78, 5) is 16.1. The Morgan fingerprint density at radius 3 is 2.50 bits per heavy atom. The largest absolute Gasteiger partial charge is 0.478 e. The van der Waals surface area contributed by atoms with Crippen LogP contribution in [0.5, 0.6) is 0 Å². The quantitative estimate of drug-likeness (QED) is 0.489. The molecule has 0 aliphatic heterocycles. The van der Waals surface area contributed by atoms with Gasteiger partial charge in [0, 0.05) is 5.56 Å². The molecular formula is C26H29NO5. The highest BCUT2D eigenvalue weighted by Gasteiger charge is 2.24. The number of carboxylic acid groups (broad SMARTS) is 1. The van der Waals surface area contributed by atoms with Gasteiger partial charge in [-0.2, -0.15) is 0 Å². The second-order valence-electron chi connectivity index (χ2n) is 8.46. The Morgan fingerprint density at radius 1 is 1.06 bits per heavy atom. The van der Waals surface area contributed by atoms with Gasteiger partial charge < -0.3 is 19.0 Å². The summed E-state index contributed by atoms with van der Waals surface area (Å²) in [5, 5.41) is 9.50. The predicted octanol–water partition coefficient (Wildman–Crippen LogP) is 5.70. The minimum Gasteiger partial charge on any atom is -0.478 e. The van der Waals surface area contributed by atoms with Crippen molar-refractivity contribution >= 4 is 5.97 Å². The van der Waals surface area contributed by atoms with Crippen LogP contribution in [0.3, 0.4) is 0 Å². The molecule has 0 radical (unpaired) electrons. The lowest BCUT2D eigenvalue weighted by atomic mass is 9.94. The van der Waals surface area contributed by atoms with E-state index >= 15 is 0 Å². The highest BCUT2D eigenvalue weighted by atomic mass is 16.5. The molecule has 0 bridgehead atoms. The Hall–Kier alpha value is -2.96. The SMILES string of the molecule is Cc1ccc(-c2nc(CO[C@H]3CCC[C@@H](OCc4cccc(C)c4C(=O)O)C3)co2)cc1. The summed E-state index contributed by atoms with van der Waals surface area (Å²) in [7, 11) is 0. The second kappa shape index (κ2) is 10.1. The number of oxazole rings is 1. The number of benzene rings is 2. The van der Waals surface area contributed by atoms with Crippen LogP contribution in [0.25, 0.3) is 11.5 Å². The van der Waals surface area contributed by atoms with Gasteiger partial charge in [-0.1, -0.05) is 35.9 Å². The number of ether oxygens (including phenoxy) is 2. The van der Waals surface area contributed by atoms with Crippen LogP contribution in [0.2, 0.25) is 0 Å². The van der Waals surface area contributed by atoms with E-state index in [-0.39, 0.29) is 12.2 Å². The number of nitrogens with zero attached hydrogens (tertiary/aromatic N) is 1. The van der Waals surface area contributed by atoms with Crippen LogP contribution in [-0.4, -0.2) is 28.3 Å². The molecule has 1 heterocycles. The summed E-state index contributed by atoms with van der Waals surface area (Å²) < 4.78 is 17.8. The summed E-state index contributed by atoms with van der Waals surface area (Å²) in [6, 6.07) is 13.6. The number of aryl methyl sites for hydroxylation is 2. The number of carbonyl (C=O) groups is 1. The molecule has 2 aromatic carbocycles. The molecule has 2 atom stereocenters. The third kappa shape index (κ3) is 5.44. The van der Waals surface area contributed by atoms with Crippen LogP contribution in [0.1, 0.15) is 58.4 Å². The molecule has 6 nitrogen and oxygen atoms in total. The molecule has 3 aromatic rings. The van der Waals surface area contributed by atoms with E-state index in [1.54, 1.807) is 6.26 Å². The average Bonchev–Trinajstić information content (AvgIpc) is 3.26. The summed E-state index contributed by atoms with van der Waals surface area (Å²) >= 11 is 0. The first-order chi connectivity index (χ1) is 15.5. The molecule has 168 valence electrons. The van der Waals surface area contributed by atoms with Crippen LogP contribution in [-0.2, 0) is 22.7 Å². The Bertz CT molecular complexity index is 1060. The highest BCUT2D eigenvalue weighted by molar-refractivity contribution is 5.91. The first-order valence-electron chi connectivity index (χ1n) is 11.1. The van der Waals surface area contributed by atoms with Crippen LogP contribution in [0, 0.1) is 13.8 Å². The van der Waals surface area contributed by atoms with Gasteiger partial charge in [-0.15, -0.1) is 0 Å². The standard InChI is InChI=1S/C26H29NO5/c1-17-9-11-19(12-10-17)25-27-21(16-32-25)15-31-23-8-4-7-22(13-23)30-14-20-6-3-5-18(2)24(20)26(28)29/h3,5-6,9-12,16,22-23H,4,7-8,13-15H2,1-2H3,(H,28,29)/t22-,23+/m1/s1. The number of carboxylic acids is 1. The zero-order chi connectivity index (χ0) is 22.5. The van der Waals surface area contributed by atoms with Gasteiger partial charge in [-0.3, -0.25) is 0 Å². The molecular weight excluding hydrogens is 406 g/mol. The molecule has 1 aromatic heterocycles. The monoisotopic (exact) mass is 435 g/mol. The van der Waals surface area contributed by atoms with E-state index in [1.165, 1.54) is 5.56 Å². The van der Waals surface area contributed by atoms with Gasteiger partial charge in [-0.25, -0.2) is 9.78 Å². The average molecular weight is 436 g/mol. The Morgan fingerprint density at radius 2 is 1.78 bits per heavy atom. The zero-order valence-corrected chi connectivity index (χ0v) is 18.5. The van der Waals surface area contributed by atoms with Gasteiger partial charge in [0.1, 0.15) is 12.0 Å². The predicted molar refractivity (Wildman–Crippen MR) is 120 cm³/mol. The van der Waals surface area contributed by atoms with Crippen LogP contribution < -0.4 is 0 Å². The first kappa shape index (κ1) is 22.2. The zero-order valence-electron chi connectivity index (χ0n) is 18.5. The van der Waals surface area contributed by atoms with Gasteiger partial charge in [-0.05, 0) is 62.8 Å². The fourth-order valence-corrected chi connectivity index (χ4v) is 4.17. The number of hydrogen-bond acceptors (Lipinski definition) is 5. The maximum absolute atomic E-state index is 11.6. The highest BCUT2D eigenvalue weighted by Crippen LogP contribution is 2.27. The summed E-state index contributed by atoms with van der Waals surface area (Å²) in [5.41, 5.74) is 4.72. The van der Waals surface area contributed by atoms with Crippen molar-refractivity contribution in [2.24, 2.45) is 0 Å². The molecule has 0 amide bonds. The number of hydrogen-bond donors (Lipinski definition) is 1. The minimum absolute atomic E-state index is 0.0522. The maximum atomic E-state index is 11.6. The van der Waals surface area contributed by atoms with Crippen molar-refractivity contribution in [2.45, 2.75) is 65.0 Å². The summed E-state index contributed by atoms with van der Waals surface area (Å²) in [6.45, 7) is 4.55. The van der Waals surface area contributed by atoms with E-state index in [9.17, 15) is 9.90 Å². The normalized spacial score (nSPS) is 18.6. The number of rotatable bonds is 8. The summed E-state index contributed by atoms with van der Waals surface area (Å²) in [6.07, 6.45) is 5.53. The number of aromatic nitrogens is 1. The molecule has 0 saturated heterocycles. The van der Waals surface area contributed by atoms with Crippen LogP contribution >= 0.6 is 0 Å². The first-order valence-corrected chi connectivity index (χ1v) is 11.1. The molecule has 1 N–H and O–H groups in total.